The van der Waals surface area contributed by atoms with Gasteiger partial charge in [-0.25, -0.2) is 0 Å². The number of rotatable bonds is 3. The van der Waals surface area contributed by atoms with Gasteiger partial charge >= 0.3 is 0 Å². The van der Waals surface area contributed by atoms with E-state index in [4.69, 9.17) is 27.9 Å². The highest BCUT2D eigenvalue weighted by Crippen LogP contribution is 2.68. The fourth-order valence-corrected chi connectivity index (χ4v) is 4.15. The van der Waals surface area contributed by atoms with Gasteiger partial charge < -0.3 is 10.1 Å². The van der Waals surface area contributed by atoms with E-state index in [2.05, 4.69) is 18.3 Å². The maximum atomic E-state index is 6.19. The molecule has 2 unspecified atom stereocenters. The summed E-state index contributed by atoms with van der Waals surface area (Å²) in [5.41, 5.74) is 1.75. The standard InChI is InChI=1S/C15H19Cl2NO/c1-10-6-15(7-14(15,8-18-10)9-19-2)11-3-4-12(16)13(17)5-11/h3-5,10,18H,6-9H2,1-2H3/t10-,14?,15?/m0/s1. The molecule has 0 radical (unpaired) electrons. The van der Waals surface area contributed by atoms with Crippen LogP contribution in [0.2, 0.25) is 10.0 Å². The molecule has 3 rings (SSSR count). The predicted molar refractivity (Wildman–Crippen MR) is 79.1 cm³/mol. The molecule has 3 atom stereocenters. The molecule has 0 aromatic heterocycles. The molecule has 1 aromatic rings. The monoisotopic (exact) mass is 299 g/mol. The summed E-state index contributed by atoms with van der Waals surface area (Å²) < 4.78 is 5.46. The van der Waals surface area contributed by atoms with E-state index in [0.717, 1.165) is 19.6 Å². The fraction of sp³-hybridized carbons (Fsp3) is 0.600. The second-order valence-corrected chi connectivity index (χ2v) is 6.90. The Morgan fingerprint density at radius 1 is 1.37 bits per heavy atom. The van der Waals surface area contributed by atoms with Crippen molar-refractivity contribution in [2.24, 2.45) is 5.41 Å². The molecule has 0 amide bonds. The van der Waals surface area contributed by atoms with Crippen LogP contribution in [0, 0.1) is 5.41 Å². The molecule has 1 aliphatic carbocycles. The van der Waals surface area contributed by atoms with Crippen molar-refractivity contribution >= 4 is 23.2 Å². The zero-order valence-corrected chi connectivity index (χ0v) is 12.8. The quantitative estimate of drug-likeness (QED) is 0.920. The number of methoxy groups -OCH3 is 1. The van der Waals surface area contributed by atoms with Crippen molar-refractivity contribution in [2.45, 2.75) is 31.2 Å². The Morgan fingerprint density at radius 2 is 2.16 bits per heavy atom. The normalized spacial score (nSPS) is 36.9. The van der Waals surface area contributed by atoms with E-state index >= 15 is 0 Å². The van der Waals surface area contributed by atoms with Crippen molar-refractivity contribution in [1.29, 1.82) is 0 Å². The molecule has 2 fully saturated rings. The summed E-state index contributed by atoms with van der Waals surface area (Å²) in [6.07, 6.45) is 2.30. The Hall–Kier alpha value is -0.280. The van der Waals surface area contributed by atoms with Crippen molar-refractivity contribution in [3.05, 3.63) is 33.8 Å². The van der Waals surface area contributed by atoms with Crippen LogP contribution < -0.4 is 5.32 Å². The largest absolute Gasteiger partial charge is 0.384 e. The van der Waals surface area contributed by atoms with Gasteiger partial charge in [0.25, 0.3) is 0 Å². The number of fused-ring (bicyclic) bond motifs is 1. The van der Waals surface area contributed by atoms with Gasteiger partial charge in [-0.05, 0) is 37.5 Å². The van der Waals surface area contributed by atoms with Crippen LogP contribution in [0.1, 0.15) is 25.3 Å². The van der Waals surface area contributed by atoms with Gasteiger partial charge in [0.1, 0.15) is 0 Å². The van der Waals surface area contributed by atoms with Crippen LogP contribution in [0.25, 0.3) is 0 Å². The third-order valence-corrected chi connectivity index (χ3v) is 5.61. The highest BCUT2D eigenvalue weighted by atomic mass is 35.5. The lowest BCUT2D eigenvalue weighted by molar-refractivity contribution is 0.108. The third kappa shape index (κ3) is 2.01. The Morgan fingerprint density at radius 3 is 2.84 bits per heavy atom. The lowest BCUT2D eigenvalue weighted by Crippen LogP contribution is -2.45. The van der Waals surface area contributed by atoms with E-state index in [1.807, 2.05) is 12.1 Å². The highest BCUT2D eigenvalue weighted by Gasteiger charge is 2.69. The fourth-order valence-electron chi connectivity index (χ4n) is 3.85. The lowest BCUT2D eigenvalue weighted by atomic mass is 9.79. The van der Waals surface area contributed by atoms with E-state index in [-0.39, 0.29) is 10.8 Å². The van der Waals surface area contributed by atoms with Gasteiger partial charge in [0.05, 0.1) is 16.7 Å². The number of piperidine rings is 1. The Labute approximate surface area is 124 Å². The van der Waals surface area contributed by atoms with Crippen LogP contribution in [0.4, 0.5) is 0 Å². The first-order valence-electron chi connectivity index (χ1n) is 6.71. The van der Waals surface area contributed by atoms with E-state index in [1.54, 1.807) is 7.11 Å². The van der Waals surface area contributed by atoms with Crippen LogP contribution in [-0.2, 0) is 10.2 Å². The zero-order valence-electron chi connectivity index (χ0n) is 11.3. The molecule has 1 aliphatic heterocycles. The molecular formula is C15H19Cl2NO. The third-order valence-electron chi connectivity index (χ3n) is 4.87. The van der Waals surface area contributed by atoms with E-state index in [0.29, 0.717) is 16.1 Å². The smallest absolute Gasteiger partial charge is 0.0595 e. The molecule has 1 heterocycles. The van der Waals surface area contributed by atoms with Gasteiger partial charge in [-0.2, -0.15) is 0 Å². The average molecular weight is 300 g/mol. The van der Waals surface area contributed by atoms with Crippen LogP contribution in [-0.4, -0.2) is 26.3 Å². The minimum absolute atomic E-state index is 0.210. The maximum absolute atomic E-state index is 6.19. The van der Waals surface area contributed by atoms with Gasteiger partial charge in [0.2, 0.25) is 0 Å². The van der Waals surface area contributed by atoms with Crippen molar-refractivity contribution in [2.75, 3.05) is 20.3 Å². The average Bonchev–Trinajstić information content (AvgIpc) is 3.02. The molecule has 1 saturated carbocycles. The molecule has 0 bridgehead atoms. The number of hydrogen-bond donors (Lipinski definition) is 1. The van der Waals surface area contributed by atoms with Gasteiger partial charge in [-0.15, -0.1) is 0 Å². The number of halogens is 2. The molecule has 1 aromatic carbocycles. The summed E-state index contributed by atoms with van der Waals surface area (Å²) in [5.74, 6) is 0. The van der Waals surface area contributed by atoms with Crippen LogP contribution in [0.3, 0.4) is 0 Å². The van der Waals surface area contributed by atoms with Gasteiger partial charge in [0.15, 0.2) is 0 Å². The van der Waals surface area contributed by atoms with Gasteiger partial charge in [0, 0.05) is 30.5 Å². The molecule has 1 saturated heterocycles. The number of benzene rings is 1. The van der Waals surface area contributed by atoms with Crippen LogP contribution in [0.5, 0.6) is 0 Å². The summed E-state index contributed by atoms with van der Waals surface area (Å²) in [6.45, 7) is 4.06. The molecule has 1 N–H and O–H groups in total. The number of ether oxygens (including phenoxy) is 1. The van der Waals surface area contributed by atoms with Crippen LogP contribution >= 0.6 is 23.2 Å². The van der Waals surface area contributed by atoms with E-state index < -0.39 is 0 Å². The predicted octanol–water partition coefficient (Wildman–Crippen LogP) is 3.65. The Bertz CT molecular complexity index is 507. The number of nitrogens with one attached hydrogen (secondary N) is 1. The molecule has 0 spiro atoms. The highest BCUT2D eigenvalue weighted by molar-refractivity contribution is 6.42. The summed E-state index contributed by atoms with van der Waals surface area (Å²) in [4.78, 5) is 0. The van der Waals surface area contributed by atoms with Gasteiger partial charge in [-0.1, -0.05) is 29.3 Å². The first kappa shape index (κ1) is 13.7. The Balaban J connectivity index is 1.98. The van der Waals surface area contributed by atoms with Crippen molar-refractivity contribution in [1.82, 2.24) is 5.32 Å². The van der Waals surface area contributed by atoms with Crippen molar-refractivity contribution in [3.8, 4) is 0 Å². The van der Waals surface area contributed by atoms with Crippen molar-refractivity contribution in [3.63, 3.8) is 0 Å². The zero-order chi connectivity index (χ0) is 13.7. The molecule has 4 heteroatoms. The summed E-state index contributed by atoms with van der Waals surface area (Å²) in [6, 6.07) is 6.61. The molecule has 2 aliphatic rings. The summed E-state index contributed by atoms with van der Waals surface area (Å²) in [5, 5.41) is 4.86. The molecule has 19 heavy (non-hydrogen) atoms. The lowest BCUT2D eigenvalue weighted by Gasteiger charge is -2.35. The van der Waals surface area contributed by atoms with Gasteiger partial charge in [-0.3, -0.25) is 0 Å². The molecule has 2 nitrogen and oxygen atoms in total. The molecule has 104 valence electrons. The second-order valence-electron chi connectivity index (χ2n) is 6.09. The maximum Gasteiger partial charge on any atom is 0.0595 e. The molecular weight excluding hydrogens is 281 g/mol. The van der Waals surface area contributed by atoms with Crippen molar-refractivity contribution < 1.29 is 4.74 Å². The van der Waals surface area contributed by atoms with E-state index in [9.17, 15) is 0 Å². The summed E-state index contributed by atoms with van der Waals surface area (Å²) >= 11 is 12.2. The first-order chi connectivity index (χ1) is 9.03. The first-order valence-corrected chi connectivity index (χ1v) is 7.46. The number of hydrogen-bond acceptors (Lipinski definition) is 2. The Kier molecular flexibility index (Phi) is 3.33. The minimum atomic E-state index is 0.210. The summed E-state index contributed by atoms with van der Waals surface area (Å²) in [7, 11) is 1.78. The second kappa shape index (κ2) is 4.63. The SMILES string of the molecule is COCC12CN[C@@H](C)CC1(c1ccc(Cl)c(Cl)c1)C2. The minimum Gasteiger partial charge on any atom is -0.384 e. The topological polar surface area (TPSA) is 21.3 Å². The van der Waals surface area contributed by atoms with Crippen LogP contribution in [0.15, 0.2) is 18.2 Å². The van der Waals surface area contributed by atoms with E-state index in [1.165, 1.54) is 12.0 Å².